The summed E-state index contributed by atoms with van der Waals surface area (Å²) < 4.78 is 13.4. The number of rotatable bonds is 4. The Morgan fingerprint density at radius 1 is 1.35 bits per heavy atom. The van der Waals surface area contributed by atoms with Gasteiger partial charge in [0.25, 0.3) is 0 Å². The Bertz CT molecular complexity index is 480. The van der Waals surface area contributed by atoms with Crippen molar-refractivity contribution in [2.45, 2.75) is 19.3 Å². The first-order valence-electron chi connectivity index (χ1n) is 5.48. The van der Waals surface area contributed by atoms with Gasteiger partial charge in [0, 0.05) is 23.0 Å². The van der Waals surface area contributed by atoms with Crippen molar-refractivity contribution < 1.29 is 4.39 Å². The van der Waals surface area contributed by atoms with Gasteiger partial charge in [-0.25, -0.2) is 9.37 Å². The van der Waals surface area contributed by atoms with Crippen molar-refractivity contribution in [3.8, 4) is 0 Å². The molecule has 2 aromatic heterocycles. The summed E-state index contributed by atoms with van der Waals surface area (Å²) in [7, 11) is 0. The van der Waals surface area contributed by atoms with Crippen LogP contribution in [0.2, 0.25) is 0 Å². The van der Waals surface area contributed by atoms with Crippen molar-refractivity contribution in [1.29, 1.82) is 0 Å². The van der Waals surface area contributed by atoms with Crippen molar-refractivity contribution in [2.75, 3.05) is 11.9 Å². The van der Waals surface area contributed by atoms with E-state index in [-0.39, 0.29) is 11.2 Å². The van der Waals surface area contributed by atoms with Gasteiger partial charge < -0.3 is 5.32 Å². The second-order valence-corrected chi connectivity index (χ2v) is 5.50. The molecule has 2 aromatic rings. The van der Waals surface area contributed by atoms with Gasteiger partial charge >= 0.3 is 0 Å². The molecule has 0 radical (unpaired) electrons. The van der Waals surface area contributed by atoms with E-state index >= 15 is 0 Å². The van der Waals surface area contributed by atoms with Crippen molar-refractivity contribution >= 4 is 17.2 Å². The fourth-order valence-electron chi connectivity index (χ4n) is 1.57. The van der Waals surface area contributed by atoms with Gasteiger partial charge in [-0.15, -0.1) is 11.3 Å². The maximum atomic E-state index is 13.4. The highest BCUT2D eigenvalue weighted by Gasteiger charge is 2.21. The molecule has 0 aliphatic heterocycles. The van der Waals surface area contributed by atoms with Crippen LogP contribution in [-0.2, 0) is 5.41 Å². The van der Waals surface area contributed by atoms with Gasteiger partial charge in [-0.3, -0.25) is 0 Å². The molecule has 0 bridgehead atoms. The topological polar surface area (TPSA) is 24.9 Å². The average Bonchev–Trinajstić information content (AvgIpc) is 2.82. The van der Waals surface area contributed by atoms with E-state index in [9.17, 15) is 4.39 Å². The second-order valence-electron chi connectivity index (χ2n) is 4.55. The van der Waals surface area contributed by atoms with E-state index in [0.717, 1.165) is 0 Å². The van der Waals surface area contributed by atoms with Gasteiger partial charge in [0.1, 0.15) is 0 Å². The zero-order valence-electron chi connectivity index (χ0n) is 9.90. The van der Waals surface area contributed by atoms with Crippen LogP contribution in [0.1, 0.15) is 18.7 Å². The third-order valence-corrected chi connectivity index (χ3v) is 3.88. The summed E-state index contributed by atoms with van der Waals surface area (Å²) in [5.41, 5.74) is -0.0296. The number of thiophene rings is 1. The molecule has 0 aliphatic rings. The van der Waals surface area contributed by atoms with Crippen LogP contribution in [0, 0.1) is 5.82 Å². The lowest BCUT2D eigenvalue weighted by Crippen LogP contribution is -2.27. The Balaban J connectivity index is 2.06. The Labute approximate surface area is 105 Å². The molecule has 90 valence electrons. The van der Waals surface area contributed by atoms with Gasteiger partial charge in [0.2, 0.25) is 0 Å². The molecule has 4 heteroatoms. The smallest absolute Gasteiger partial charge is 0.165 e. The maximum absolute atomic E-state index is 13.4. The molecule has 0 saturated carbocycles. The summed E-state index contributed by atoms with van der Waals surface area (Å²) in [6.45, 7) is 4.92. The van der Waals surface area contributed by atoms with E-state index < -0.39 is 0 Å². The first-order chi connectivity index (χ1) is 8.09. The van der Waals surface area contributed by atoms with E-state index in [4.69, 9.17) is 0 Å². The van der Waals surface area contributed by atoms with Crippen LogP contribution in [-0.4, -0.2) is 11.5 Å². The quantitative estimate of drug-likeness (QED) is 0.895. The molecule has 2 nitrogen and oxygen atoms in total. The van der Waals surface area contributed by atoms with Crippen LogP contribution in [0.4, 0.5) is 10.2 Å². The standard InChI is InChI=1S/C13H15FN2S/c1-13(2,11-6-4-8-17-11)9-16-12-10(14)5-3-7-15-12/h3-8H,9H2,1-2H3,(H,15,16). The molecule has 2 heterocycles. The molecule has 0 aromatic carbocycles. The maximum Gasteiger partial charge on any atom is 0.165 e. The van der Waals surface area contributed by atoms with Crippen LogP contribution in [0.5, 0.6) is 0 Å². The summed E-state index contributed by atoms with van der Waals surface area (Å²) >= 11 is 1.72. The Hall–Kier alpha value is -1.42. The molecule has 1 N–H and O–H groups in total. The van der Waals surface area contributed by atoms with Gasteiger partial charge in [-0.05, 0) is 23.6 Å². The van der Waals surface area contributed by atoms with Crippen LogP contribution < -0.4 is 5.32 Å². The molecular formula is C13H15FN2S. The first kappa shape index (κ1) is 12.0. The molecule has 0 unspecified atom stereocenters. The third-order valence-electron chi connectivity index (χ3n) is 2.64. The predicted octanol–water partition coefficient (Wildman–Crippen LogP) is 3.67. The van der Waals surface area contributed by atoms with Crippen molar-refractivity contribution in [2.24, 2.45) is 0 Å². The minimum Gasteiger partial charge on any atom is -0.367 e. The number of aromatic nitrogens is 1. The lowest BCUT2D eigenvalue weighted by Gasteiger charge is -2.24. The normalized spacial score (nSPS) is 11.5. The van der Waals surface area contributed by atoms with Crippen LogP contribution >= 0.6 is 11.3 Å². The summed E-state index contributed by atoms with van der Waals surface area (Å²) in [5.74, 6) is 0.00612. The second kappa shape index (κ2) is 4.84. The summed E-state index contributed by atoms with van der Waals surface area (Å²) in [5, 5.41) is 5.12. The minimum absolute atomic E-state index is 0.0296. The summed E-state index contributed by atoms with van der Waals surface area (Å²) in [6, 6.07) is 7.13. The van der Waals surface area contributed by atoms with Crippen molar-refractivity contribution in [3.05, 3.63) is 46.5 Å². The number of nitrogens with zero attached hydrogens (tertiary/aromatic N) is 1. The molecule has 2 rings (SSSR count). The molecular weight excluding hydrogens is 235 g/mol. The Kier molecular flexibility index (Phi) is 3.43. The fourth-order valence-corrected chi connectivity index (χ4v) is 2.42. The van der Waals surface area contributed by atoms with Crippen molar-refractivity contribution in [3.63, 3.8) is 0 Å². The van der Waals surface area contributed by atoms with E-state index in [1.165, 1.54) is 10.9 Å². The van der Waals surface area contributed by atoms with E-state index in [1.54, 1.807) is 23.6 Å². The summed E-state index contributed by atoms with van der Waals surface area (Å²) in [4.78, 5) is 5.26. The molecule has 0 amide bonds. The number of hydrogen-bond donors (Lipinski definition) is 1. The summed E-state index contributed by atoms with van der Waals surface area (Å²) in [6.07, 6.45) is 1.59. The molecule has 0 spiro atoms. The monoisotopic (exact) mass is 250 g/mol. The highest BCUT2D eigenvalue weighted by atomic mass is 32.1. The van der Waals surface area contributed by atoms with E-state index in [1.807, 2.05) is 6.07 Å². The van der Waals surface area contributed by atoms with Gasteiger partial charge in [0.05, 0.1) is 0 Å². The molecule has 0 atom stereocenters. The number of anilines is 1. The minimum atomic E-state index is -0.311. The zero-order valence-corrected chi connectivity index (χ0v) is 10.7. The fraction of sp³-hybridized carbons (Fsp3) is 0.308. The highest BCUT2D eigenvalue weighted by Crippen LogP contribution is 2.27. The zero-order chi connectivity index (χ0) is 12.3. The largest absolute Gasteiger partial charge is 0.367 e. The Morgan fingerprint density at radius 2 is 2.18 bits per heavy atom. The predicted molar refractivity (Wildman–Crippen MR) is 70.0 cm³/mol. The highest BCUT2D eigenvalue weighted by molar-refractivity contribution is 7.10. The number of halogens is 1. The Morgan fingerprint density at radius 3 is 2.82 bits per heavy atom. The first-order valence-corrected chi connectivity index (χ1v) is 6.36. The SMILES string of the molecule is CC(C)(CNc1ncccc1F)c1cccs1. The number of pyridine rings is 1. The van der Waals surface area contributed by atoms with Gasteiger partial charge in [0.15, 0.2) is 11.6 Å². The third kappa shape index (κ3) is 2.82. The van der Waals surface area contributed by atoms with Crippen LogP contribution in [0.25, 0.3) is 0 Å². The van der Waals surface area contributed by atoms with Crippen molar-refractivity contribution in [1.82, 2.24) is 4.98 Å². The van der Waals surface area contributed by atoms with Crippen LogP contribution in [0.3, 0.4) is 0 Å². The molecule has 17 heavy (non-hydrogen) atoms. The van der Waals surface area contributed by atoms with Crippen LogP contribution in [0.15, 0.2) is 35.8 Å². The molecule has 0 fully saturated rings. The lowest BCUT2D eigenvalue weighted by atomic mass is 9.91. The number of hydrogen-bond acceptors (Lipinski definition) is 3. The van der Waals surface area contributed by atoms with Gasteiger partial charge in [-0.2, -0.15) is 0 Å². The number of nitrogens with one attached hydrogen (secondary N) is 1. The van der Waals surface area contributed by atoms with E-state index in [2.05, 4.69) is 35.6 Å². The lowest BCUT2D eigenvalue weighted by molar-refractivity contribution is 0.561. The molecule has 0 saturated heterocycles. The average molecular weight is 250 g/mol. The van der Waals surface area contributed by atoms with Gasteiger partial charge in [-0.1, -0.05) is 19.9 Å². The molecule has 0 aliphatic carbocycles. The van der Waals surface area contributed by atoms with E-state index in [0.29, 0.717) is 12.4 Å².